The van der Waals surface area contributed by atoms with Crippen LogP contribution in [0.3, 0.4) is 0 Å². The molecule has 0 radical (unpaired) electrons. The number of nitrogens with one attached hydrogen (secondary N) is 1. The number of sulfonamides is 1. The predicted molar refractivity (Wildman–Crippen MR) is 135 cm³/mol. The Bertz CT molecular complexity index is 1100. The molecule has 3 rings (SSSR count). The maximum absolute atomic E-state index is 14.8. The third kappa shape index (κ3) is 6.42. The second kappa shape index (κ2) is 11.7. The summed E-state index contributed by atoms with van der Waals surface area (Å²) in [5, 5.41) is 3.31. The summed E-state index contributed by atoms with van der Waals surface area (Å²) >= 11 is 11.9. The van der Waals surface area contributed by atoms with Crippen LogP contribution in [0.4, 0.5) is 10.1 Å². The molecule has 2 aromatic carbocycles. The van der Waals surface area contributed by atoms with Crippen LogP contribution in [0.25, 0.3) is 0 Å². The van der Waals surface area contributed by atoms with Gasteiger partial charge >= 0.3 is 0 Å². The summed E-state index contributed by atoms with van der Waals surface area (Å²) in [5.74, 6) is -1.33. The van der Waals surface area contributed by atoms with Crippen LogP contribution >= 0.6 is 23.2 Å². The Hall–Kier alpha value is -1.87. The van der Waals surface area contributed by atoms with Crippen molar-refractivity contribution >= 4 is 44.8 Å². The number of piperidine rings is 1. The van der Waals surface area contributed by atoms with Crippen LogP contribution in [0.1, 0.15) is 39.5 Å². The summed E-state index contributed by atoms with van der Waals surface area (Å²) in [7, 11) is -4.30. The monoisotopic (exact) mass is 529 g/mol. The predicted octanol–water partition coefficient (Wildman–Crippen LogP) is 5.10. The summed E-state index contributed by atoms with van der Waals surface area (Å²) in [5.41, 5.74) is -0.299. The summed E-state index contributed by atoms with van der Waals surface area (Å²) in [6.45, 7) is 5.92. The molecule has 0 saturated carbocycles. The molecule has 1 aliphatic heterocycles. The zero-order valence-electron chi connectivity index (χ0n) is 19.3. The molecule has 1 aliphatic rings. The lowest BCUT2D eigenvalue weighted by Gasteiger charge is -2.33. The van der Waals surface area contributed by atoms with Gasteiger partial charge in [0.1, 0.15) is 11.9 Å². The van der Waals surface area contributed by atoms with Gasteiger partial charge in [0.15, 0.2) is 0 Å². The molecule has 2 unspecified atom stereocenters. The van der Waals surface area contributed by atoms with Gasteiger partial charge in [-0.2, -0.15) is 0 Å². The molecule has 34 heavy (non-hydrogen) atoms. The van der Waals surface area contributed by atoms with Crippen LogP contribution in [-0.4, -0.2) is 50.9 Å². The molecule has 1 fully saturated rings. The second-order valence-corrected chi connectivity index (χ2v) is 11.2. The summed E-state index contributed by atoms with van der Waals surface area (Å²) in [6, 6.07) is 8.38. The number of amides is 1. The van der Waals surface area contributed by atoms with E-state index in [4.69, 9.17) is 23.2 Å². The summed E-state index contributed by atoms with van der Waals surface area (Å²) < 4.78 is 42.6. The van der Waals surface area contributed by atoms with E-state index in [1.54, 1.807) is 0 Å². The largest absolute Gasteiger partial charge is 0.354 e. The highest BCUT2D eigenvalue weighted by Crippen LogP contribution is 2.31. The molecular formula is C24H30Cl2FN3O3S. The van der Waals surface area contributed by atoms with E-state index in [9.17, 15) is 17.6 Å². The van der Waals surface area contributed by atoms with E-state index in [1.165, 1.54) is 62.6 Å². The first-order valence-electron chi connectivity index (χ1n) is 11.4. The molecule has 1 N–H and O–H groups in total. The molecule has 1 amide bonds. The standard InChI is InChI=1S/C24H30Cl2FN3O3S/c1-17-6-3-4-14-29(17)15-5-13-28-24(31)18(2)30(23-16-20(26)9-12-22(23)27)34(32,33)21-10-7-19(25)8-11-21/h7-12,16-18H,3-6,13-15H2,1-2H3,(H,28,31). The number of likely N-dealkylation sites (tertiary alicyclic amines) is 1. The molecule has 6 nitrogen and oxygen atoms in total. The van der Waals surface area contributed by atoms with Gasteiger partial charge in [0, 0.05) is 29.2 Å². The number of carbonyl (C=O) groups excluding carboxylic acids is 1. The molecule has 0 aromatic heterocycles. The van der Waals surface area contributed by atoms with Crippen LogP contribution in [0.5, 0.6) is 0 Å². The normalized spacial score (nSPS) is 17.9. The molecule has 186 valence electrons. The van der Waals surface area contributed by atoms with Crippen molar-refractivity contribution < 1.29 is 17.6 Å². The first-order valence-corrected chi connectivity index (χ1v) is 13.6. The van der Waals surface area contributed by atoms with E-state index in [0.29, 0.717) is 17.6 Å². The number of hydrogen-bond donors (Lipinski definition) is 1. The maximum atomic E-state index is 14.8. The number of nitrogens with zero attached hydrogens (tertiary/aromatic N) is 2. The van der Waals surface area contributed by atoms with Gasteiger partial charge in [-0.1, -0.05) is 29.6 Å². The van der Waals surface area contributed by atoms with Gasteiger partial charge in [-0.25, -0.2) is 12.8 Å². The van der Waals surface area contributed by atoms with Gasteiger partial charge < -0.3 is 10.2 Å². The van der Waals surface area contributed by atoms with Crippen LogP contribution < -0.4 is 9.62 Å². The van der Waals surface area contributed by atoms with Crippen LogP contribution in [0.15, 0.2) is 47.4 Å². The lowest BCUT2D eigenvalue weighted by atomic mass is 10.0. The Kier molecular flexibility index (Phi) is 9.20. The lowest BCUT2D eigenvalue weighted by molar-refractivity contribution is -0.121. The van der Waals surface area contributed by atoms with Crippen molar-refractivity contribution in [2.45, 2.75) is 56.5 Å². The SMILES string of the molecule is CC1CCCCN1CCCNC(=O)C(C)N(c1cc(Cl)ccc1F)S(=O)(=O)c1ccc(Cl)cc1. The highest BCUT2D eigenvalue weighted by atomic mass is 35.5. The Morgan fingerprint density at radius 1 is 1.18 bits per heavy atom. The number of anilines is 1. The van der Waals surface area contributed by atoms with Crippen molar-refractivity contribution in [1.29, 1.82) is 0 Å². The fraction of sp³-hybridized carbons (Fsp3) is 0.458. The number of rotatable bonds is 9. The van der Waals surface area contributed by atoms with Crippen molar-refractivity contribution in [3.63, 3.8) is 0 Å². The van der Waals surface area contributed by atoms with Crippen molar-refractivity contribution in [1.82, 2.24) is 10.2 Å². The first-order chi connectivity index (χ1) is 16.1. The van der Waals surface area contributed by atoms with E-state index in [1.807, 2.05) is 0 Å². The highest BCUT2D eigenvalue weighted by Gasteiger charge is 2.35. The molecule has 2 aromatic rings. The number of halogens is 3. The third-order valence-corrected chi connectivity index (χ3v) is 8.49. The summed E-state index contributed by atoms with van der Waals surface area (Å²) in [6.07, 6.45) is 4.32. The minimum atomic E-state index is -4.30. The van der Waals surface area contributed by atoms with Crippen molar-refractivity contribution in [2.24, 2.45) is 0 Å². The molecule has 0 bridgehead atoms. The van der Waals surface area contributed by atoms with Gasteiger partial charge in [0.25, 0.3) is 10.0 Å². The zero-order chi connectivity index (χ0) is 24.9. The Morgan fingerprint density at radius 2 is 1.85 bits per heavy atom. The van der Waals surface area contributed by atoms with Crippen LogP contribution in [0.2, 0.25) is 10.0 Å². The van der Waals surface area contributed by atoms with Gasteiger partial charge in [-0.3, -0.25) is 9.10 Å². The van der Waals surface area contributed by atoms with Gasteiger partial charge in [-0.05, 0) is 82.1 Å². The van der Waals surface area contributed by atoms with Crippen molar-refractivity contribution in [3.05, 3.63) is 58.3 Å². The molecule has 0 aliphatic carbocycles. The average molecular weight is 530 g/mol. The van der Waals surface area contributed by atoms with Crippen molar-refractivity contribution in [2.75, 3.05) is 23.9 Å². The quantitative estimate of drug-likeness (QED) is 0.459. The van der Waals surface area contributed by atoms with Crippen LogP contribution in [0, 0.1) is 5.82 Å². The smallest absolute Gasteiger partial charge is 0.265 e. The van der Waals surface area contributed by atoms with E-state index in [2.05, 4.69) is 17.1 Å². The minimum absolute atomic E-state index is 0.116. The maximum Gasteiger partial charge on any atom is 0.265 e. The summed E-state index contributed by atoms with van der Waals surface area (Å²) in [4.78, 5) is 15.3. The fourth-order valence-electron chi connectivity index (χ4n) is 4.16. The van der Waals surface area contributed by atoms with E-state index in [0.717, 1.165) is 29.9 Å². The molecule has 1 heterocycles. The Morgan fingerprint density at radius 3 is 2.53 bits per heavy atom. The fourth-order valence-corrected chi connectivity index (χ4v) is 6.07. The van der Waals surface area contributed by atoms with Gasteiger partial charge in [0.05, 0.1) is 10.6 Å². The lowest BCUT2D eigenvalue weighted by Crippen LogP contribution is -2.49. The molecule has 10 heteroatoms. The third-order valence-electron chi connectivity index (χ3n) is 6.11. The van der Waals surface area contributed by atoms with E-state index in [-0.39, 0.29) is 15.6 Å². The highest BCUT2D eigenvalue weighted by molar-refractivity contribution is 7.93. The van der Waals surface area contributed by atoms with Crippen LogP contribution in [-0.2, 0) is 14.8 Å². The Balaban J connectivity index is 1.79. The topological polar surface area (TPSA) is 69.7 Å². The average Bonchev–Trinajstić information content (AvgIpc) is 2.80. The second-order valence-electron chi connectivity index (χ2n) is 8.55. The Labute approximate surface area is 211 Å². The van der Waals surface area contributed by atoms with Crippen molar-refractivity contribution in [3.8, 4) is 0 Å². The molecule has 1 saturated heterocycles. The minimum Gasteiger partial charge on any atom is -0.354 e. The van der Waals surface area contributed by atoms with Gasteiger partial charge in [0.2, 0.25) is 5.91 Å². The van der Waals surface area contributed by atoms with E-state index >= 15 is 0 Å². The first kappa shape index (κ1) is 26.7. The number of carbonyl (C=O) groups is 1. The molecule has 2 atom stereocenters. The zero-order valence-corrected chi connectivity index (χ0v) is 21.6. The number of hydrogen-bond acceptors (Lipinski definition) is 4. The number of benzene rings is 2. The molecular weight excluding hydrogens is 500 g/mol. The molecule has 0 spiro atoms. The van der Waals surface area contributed by atoms with Gasteiger partial charge in [-0.15, -0.1) is 0 Å². The van der Waals surface area contributed by atoms with E-state index < -0.39 is 27.8 Å².